The molecule has 216 valence electrons. The Morgan fingerprint density at radius 3 is 2.41 bits per heavy atom. The summed E-state index contributed by atoms with van der Waals surface area (Å²) in [6.45, 7) is 11.9. The van der Waals surface area contributed by atoms with E-state index >= 15 is 0 Å². The maximum Gasteiger partial charge on any atom is 0.251 e. The van der Waals surface area contributed by atoms with Gasteiger partial charge < -0.3 is 19.8 Å². The number of fused-ring (bicyclic) bond motifs is 1. The number of nitrogens with zero attached hydrogens (tertiary/aromatic N) is 3. The van der Waals surface area contributed by atoms with Crippen LogP contribution in [0.5, 0.6) is 0 Å². The third-order valence-corrected chi connectivity index (χ3v) is 11.2. The minimum absolute atomic E-state index is 0.00403. The van der Waals surface area contributed by atoms with Crippen molar-refractivity contribution in [2.24, 2.45) is 17.8 Å². The number of carbonyl (C=O) groups is 3. The van der Waals surface area contributed by atoms with Gasteiger partial charge in [-0.1, -0.05) is 61.0 Å². The molecule has 6 atom stereocenters. The molecule has 2 aromatic carbocycles. The fourth-order valence-corrected chi connectivity index (χ4v) is 9.93. The summed E-state index contributed by atoms with van der Waals surface area (Å²) in [5.74, 6) is -1.96. The summed E-state index contributed by atoms with van der Waals surface area (Å²) in [6, 6.07) is 14.0. The average Bonchev–Trinajstić information content (AvgIpc) is 3.55. The van der Waals surface area contributed by atoms with Gasteiger partial charge in [0, 0.05) is 30.6 Å². The molecule has 3 heterocycles. The molecule has 2 bridgehead atoms. The number of para-hydroxylation sites is 2. The van der Waals surface area contributed by atoms with Gasteiger partial charge in [-0.15, -0.1) is 24.9 Å². The summed E-state index contributed by atoms with van der Waals surface area (Å²) in [4.78, 5) is 48.1. The molecule has 0 aliphatic carbocycles. The maximum atomic E-state index is 14.7. The van der Waals surface area contributed by atoms with Crippen LogP contribution >= 0.6 is 23.4 Å². The first-order valence-electron chi connectivity index (χ1n) is 14.0. The molecular formula is C32H36ClN3O4S. The third kappa shape index (κ3) is 4.60. The molecule has 3 fully saturated rings. The van der Waals surface area contributed by atoms with Gasteiger partial charge in [0.25, 0.3) is 5.91 Å². The number of hydrogen-bond donors (Lipinski definition) is 1. The Kier molecular flexibility index (Phi) is 8.37. The van der Waals surface area contributed by atoms with Crippen molar-refractivity contribution in [2.75, 3.05) is 36.0 Å². The standard InChI is InChI=1S/C32H36ClN3O4S/c1-5-15-34(22-12-8-7-9-13-22)29(38)25-24-19-21(4)32(41-24)26(25)30(39)36(17-18-37)28(32)31(40)35(16-6-2)27-20(3)11-10-14-23(27)33/h5-14,21,24-26,28,37H,1-2,15-19H2,3-4H3/t21?,24-,25+,26-,28?,32?/m0/s1. The van der Waals surface area contributed by atoms with E-state index in [1.165, 1.54) is 4.90 Å². The van der Waals surface area contributed by atoms with E-state index in [0.717, 1.165) is 11.3 Å². The summed E-state index contributed by atoms with van der Waals surface area (Å²) in [5, 5.41) is 10.3. The molecule has 7 nitrogen and oxygen atoms in total. The Morgan fingerprint density at radius 1 is 1.10 bits per heavy atom. The Balaban J connectivity index is 1.60. The molecular weight excluding hydrogens is 558 g/mol. The van der Waals surface area contributed by atoms with Crippen LogP contribution in [0.2, 0.25) is 5.02 Å². The Labute approximate surface area is 250 Å². The van der Waals surface area contributed by atoms with Crippen LogP contribution in [0.3, 0.4) is 0 Å². The maximum absolute atomic E-state index is 14.7. The number of benzene rings is 2. The van der Waals surface area contributed by atoms with Crippen LogP contribution < -0.4 is 9.80 Å². The zero-order valence-corrected chi connectivity index (χ0v) is 25.0. The van der Waals surface area contributed by atoms with E-state index in [0.29, 0.717) is 23.7 Å². The van der Waals surface area contributed by atoms with Crippen LogP contribution in [0.15, 0.2) is 73.8 Å². The van der Waals surface area contributed by atoms with Gasteiger partial charge >= 0.3 is 0 Å². The smallest absolute Gasteiger partial charge is 0.251 e. The van der Waals surface area contributed by atoms with Crippen LogP contribution in [0, 0.1) is 24.7 Å². The van der Waals surface area contributed by atoms with Gasteiger partial charge in [-0.2, -0.15) is 0 Å². The highest BCUT2D eigenvalue weighted by atomic mass is 35.5. The lowest BCUT2D eigenvalue weighted by Gasteiger charge is -2.41. The number of thioether (sulfide) groups is 1. The summed E-state index contributed by atoms with van der Waals surface area (Å²) < 4.78 is -0.820. The lowest BCUT2D eigenvalue weighted by molar-refractivity contribution is -0.139. The van der Waals surface area contributed by atoms with Gasteiger partial charge in [0.2, 0.25) is 11.8 Å². The lowest BCUT2D eigenvalue weighted by atomic mass is 9.65. The molecule has 2 aromatic rings. The first-order chi connectivity index (χ1) is 19.7. The number of halogens is 1. The highest BCUT2D eigenvalue weighted by Crippen LogP contribution is 2.69. The second-order valence-electron chi connectivity index (χ2n) is 11.0. The minimum Gasteiger partial charge on any atom is -0.395 e. The quantitative estimate of drug-likeness (QED) is 0.403. The van der Waals surface area contributed by atoms with E-state index in [9.17, 15) is 19.5 Å². The number of amides is 3. The van der Waals surface area contributed by atoms with Crippen LogP contribution in [0.25, 0.3) is 0 Å². The first kappa shape index (κ1) is 29.4. The van der Waals surface area contributed by atoms with Crippen molar-refractivity contribution >= 4 is 52.5 Å². The predicted octanol–water partition coefficient (Wildman–Crippen LogP) is 4.72. The number of aryl methyl sites for hydroxylation is 1. The molecule has 9 heteroatoms. The number of likely N-dealkylation sites (tertiary alicyclic amines) is 1. The molecule has 5 rings (SSSR count). The van der Waals surface area contributed by atoms with E-state index in [2.05, 4.69) is 20.1 Å². The molecule has 0 radical (unpaired) electrons. The molecule has 41 heavy (non-hydrogen) atoms. The predicted molar refractivity (Wildman–Crippen MR) is 165 cm³/mol. The number of aliphatic hydroxyl groups is 1. The molecule has 3 unspecified atom stereocenters. The molecule has 3 saturated heterocycles. The van der Waals surface area contributed by atoms with Crippen molar-refractivity contribution in [1.29, 1.82) is 0 Å². The highest BCUT2D eigenvalue weighted by molar-refractivity contribution is 8.02. The van der Waals surface area contributed by atoms with Crippen LogP contribution in [0.4, 0.5) is 11.4 Å². The second kappa shape index (κ2) is 11.7. The normalized spacial score (nSPS) is 28.0. The fraction of sp³-hybridized carbons (Fsp3) is 0.406. The van der Waals surface area contributed by atoms with Crippen molar-refractivity contribution in [3.63, 3.8) is 0 Å². The fourth-order valence-electron chi connectivity index (χ4n) is 7.20. The monoisotopic (exact) mass is 593 g/mol. The Hall–Kier alpha value is -3.07. The van der Waals surface area contributed by atoms with Gasteiger partial charge in [0.1, 0.15) is 6.04 Å². The van der Waals surface area contributed by atoms with E-state index in [1.54, 1.807) is 39.8 Å². The largest absolute Gasteiger partial charge is 0.395 e. The lowest BCUT2D eigenvalue weighted by Crippen LogP contribution is -2.58. The molecule has 1 N–H and O–H groups in total. The summed E-state index contributed by atoms with van der Waals surface area (Å²) in [7, 11) is 0. The van der Waals surface area contributed by atoms with E-state index in [1.807, 2.05) is 49.4 Å². The zero-order chi connectivity index (χ0) is 29.5. The van der Waals surface area contributed by atoms with Crippen LogP contribution in [-0.2, 0) is 14.4 Å². The topological polar surface area (TPSA) is 81.2 Å². The van der Waals surface area contributed by atoms with E-state index in [-0.39, 0.29) is 48.6 Å². The minimum atomic E-state index is -0.866. The summed E-state index contributed by atoms with van der Waals surface area (Å²) in [6.07, 6.45) is 4.04. The van der Waals surface area contributed by atoms with Crippen molar-refractivity contribution in [1.82, 2.24) is 4.90 Å². The second-order valence-corrected chi connectivity index (χ2v) is 13.0. The average molecular weight is 594 g/mol. The highest BCUT2D eigenvalue weighted by Gasteiger charge is 2.76. The number of rotatable bonds is 10. The van der Waals surface area contributed by atoms with Crippen molar-refractivity contribution in [3.8, 4) is 0 Å². The van der Waals surface area contributed by atoms with Gasteiger partial charge in [-0.3, -0.25) is 14.4 Å². The SMILES string of the molecule is C=CCN(C(=O)[C@@H]1[C@@H]2CC(C)C3(S2)C(C(=O)N(CC=C)c2c(C)cccc2Cl)N(CCO)C(=O)[C@H]13)c1ccccc1. The third-order valence-electron chi connectivity index (χ3n) is 8.79. The van der Waals surface area contributed by atoms with Crippen molar-refractivity contribution < 1.29 is 19.5 Å². The number of β-amino-alcohol motifs (C(OH)–C–C–N with tert-alkyl or cyclic N) is 1. The number of aliphatic hydroxyl groups excluding tert-OH is 1. The van der Waals surface area contributed by atoms with Gasteiger partial charge in [-0.25, -0.2) is 0 Å². The number of hydrogen-bond acceptors (Lipinski definition) is 5. The summed E-state index contributed by atoms with van der Waals surface area (Å²) in [5.41, 5.74) is 2.14. The molecule has 0 aromatic heterocycles. The molecule has 3 aliphatic rings. The first-order valence-corrected chi connectivity index (χ1v) is 15.2. The molecule has 3 amide bonds. The van der Waals surface area contributed by atoms with Crippen molar-refractivity contribution in [3.05, 3.63) is 84.4 Å². The van der Waals surface area contributed by atoms with Crippen molar-refractivity contribution in [2.45, 2.75) is 36.3 Å². The molecule has 1 spiro atoms. The Bertz CT molecular complexity index is 1350. The Morgan fingerprint density at radius 2 is 1.78 bits per heavy atom. The van der Waals surface area contributed by atoms with E-state index < -0.39 is 22.6 Å². The summed E-state index contributed by atoms with van der Waals surface area (Å²) >= 11 is 8.24. The number of anilines is 2. The van der Waals surface area contributed by atoms with Gasteiger partial charge in [-0.05, 0) is 43.0 Å². The van der Waals surface area contributed by atoms with E-state index in [4.69, 9.17) is 11.6 Å². The molecule has 0 saturated carbocycles. The van der Waals surface area contributed by atoms with Crippen LogP contribution in [-0.4, -0.2) is 70.0 Å². The zero-order valence-electron chi connectivity index (χ0n) is 23.4. The van der Waals surface area contributed by atoms with Gasteiger partial charge in [0.15, 0.2) is 0 Å². The van der Waals surface area contributed by atoms with Crippen LogP contribution in [0.1, 0.15) is 18.9 Å². The molecule has 3 aliphatic heterocycles. The number of carbonyl (C=O) groups excluding carboxylic acids is 3. The van der Waals surface area contributed by atoms with Gasteiger partial charge in [0.05, 0.1) is 33.9 Å².